The summed E-state index contributed by atoms with van der Waals surface area (Å²) in [7, 11) is 0. The SMILES string of the molecule is CC1CNCCC1N.Cl. The third kappa shape index (κ3) is 2.52. The molecule has 0 spiro atoms. The summed E-state index contributed by atoms with van der Waals surface area (Å²) in [6.07, 6.45) is 1.14. The van der Waals surface area contributed by atoms with Gasteiger partial charge in [-0.15, -0.1) is 12.4 Å². The number of hydrogen-bond acceptors (Lipinski definition) is 2. The molecule has 1 fully saturated rings. The molecule has 2 unspecified atom stereocenters. The van der Waals surface area contributed by atoms with Crippen molar-refractivity contribution in [2.45, 2.75) is 19.4 Å². The highest BCUT2D eigenvalue weighted by Gasteiger charge is 2.15. The van der Waals surface area contributed by atoms with Crippen LogP contribution < -0.4 is 11.1 Å². The molecule has 0 bridgehead atoms. The van der Waals surface area contributed by atoms with Crippen molar-refractivity contribution in [3.63, 3.8) is 0 Å². The molecule has 0 aromatic rings. The molecule has 0 radical (unpaired) electrons. The zero-order chi connectivity index (χ0) is 5.98. The predicted molar refractivity (Wildman–Crippen MR) is 41.9 cm³/mol. The molecule has 3 N–H and O–H groups in total. The van der Waals surface area contributed by atoms with Crippen molar-refractivity contribution in [3.05, 3.63) is 0 Å². The zero-order valence-electron chi connectivity index (χ0n) is 5.76. The lowest BCUT2D eigenvalue weighted by molar-refractivity contribution is 0.349. The molecule has 0 amide bonds. The van der Waals surface area contributed by atoms with Crippen LogP contribution in [0.3, 0.4) is 0 Å². The second-order valence-electron chi connectivity index (χ2n) is 2.63. The Balaban J connectivity index is 0.000000640. The van der Waals surface area contributed by atoms with Gasteiger partial charge in [-0.05, 0) is 25.4 Å². The number of piperidine rings is 1. The van der Waals surface area contributed by atoms with Gasteiger partial charge in [0.25, 0.3) is 0 Å². The van der Waals surface area contributed by atoms with Gasteiger partial charge in [-0.3, -0.25) is 0 Å². The largest absolute Gasteiger partial charge is 0.327 e. The summed E-state index contributed by atoms with van der Waals surface area (Å²) in [5, 5.41) is 3.28. The maximum Gasteiger partial charge on any atom is 0.00887 e. The summed E-state index contributed by atoms with van der Waals surface area (Å²) < 4.78 is 0. The molecule has 0 aromatic heterocycles. The Kier molecular flexibility index (Phi) is 4.19. The summed E-state index contributed by atoms with van der Waals surface area (Å²) in [6.45, 7) is 4.39. The molecule has 2 atom stereocenters. The van der Waals surface area contributed by atoms with Gasteiger partial charge in [0, 0.05) is 6.04 Å². The van der Waals surface area contributed by atoms with Crippen molar-refractivity contribution < 1.29 is 0 Å². The molecule has 1 aliphatic heterocycles. The van der Waals surface area contributed by atoms with E-state index in [1.807, 2.05) is 0 Å². The molecule has 0 saturated carbocycles. The van der Waals surface area contributed by atoms with Gasteiger partial charge in [-0.25, -0.2) is 0 Å². The highest BCUT2D eigenvalue weighted by molar-refractivity contribution is 5.85. The average molecular weight is 151 g/mol. The Morgan fingerprint density at radius 2 is 2.22 bits per heavy atom. The van der Waals surface area contributed by atoms with Gasteiger partial charge in [0.15, 0.2) is 0 Å². The van der Waals surface area contributed by atoms with E-state index < -0.39 is 0 Å². The van der Waals surface area contributed by atoms with Crippen molar-refractivity contribution >= 4 is 12.4 Å². The first kappa shape index (κ1) is 9.21. The van der Waals surface area contributed by atoms with Crippen LogP contribution in [0, 0.1) is 5.92 Å². The Morgan fingerprint density at radius 1 is 1.56 bits per heavy atom. The minimum Gasteiger partial charge on any atom is -0.327 e. The molecule has 3 heteroatoms. The first-order chi connectivity index (χ1) is 3.80. The van der Waals surface area contributed by atoms with Crippen LogP contribution in [0.2, 0.25) is 0 Å². The van der Waals surface area contributed by atoms with Crippen LogP contribution in [0.4, 0.5) is 0 Å². The Bertz CT molecular complexity index is 67.5. The highest BCUT2D eigenvalue weighted by Crippen LogP contribution is 2.06. The van der Waals surface area contributed by atoms with Crippen LogP contribution in [0.25, 0.3) is 0 Å². The number of rotatable bonds is 0. The van der Waals surface area contributed by atoms with Crippen LogP contribution in [0.15, 0.2) is 0 Å². The molecule has 2 nitrogen and oxygen atoms in total. The second kappa shape index (κ2) is 4.09. The van der Waals surface area contributed by atoms with E-state index in [4.69, 9.17) is 5.73 Å². The Morgan fingerprint density at radius 3 is 2.56 bits per heavy atom. The van der Waals surface area contributed by atoms with Crippen LogP contribution in [0.5, 0.6) is 0 Å². The molecule has 0 aliphatic carbocycles. The molecule has 1 heterocycles. The maximum atomic E-state index is 5.74. The van der Waals surface area contributed by atoms with E-state index >= 15 is 0 Å². The molecule has 1 aliphatic rings. The summed E-state index contributed by atoms with van der Waals surface area (Å²) >= 11 is 0. The maximum absolute atomic E-state index is 5.74. The van der Waals surface area contributed by atoms with Gasteiger partial charge in [0.05, 0.1) is 0 Å². The Hall–Kier alpha value is 0.210. The Labute approximate surface area is 62.6 Å². The van der Waals surface area contributed by atoms with E-state index in [9.17, 15) is 0 Å². The molecular weight excluding hydrogens is 136 g/mol. The van der Waals surface area contributed by atoms with Gasteiger partial charge in [0.2, 0.25) is 0 Å². The quantitative estimate of drug-likeness (QED) is 0.524. The lowest BCUT2D eigenvalue weighted by Gasteiger charge is -2.25. The lowest BCUT2D eigenvalue weighted by Crippen LogP contribution is -2.43. The minimum absolute atomic E-state index is 0. The van der Waals surface area contributed by atoms with Crippen LogP contribution in [-0.2, 0) is 0 Å². The van der Waals surface area contributed by atoms with E-state index in [2.05, 4.69) is 12.2 Å². The average Bonchev–Trinajstić information content (AvgIpc) is 1.77. The molecule has 0 aromatic carbocycles. The van der Waals surface area contributed by atoms with Crippen molar-refractivity contribution in [3.8, 4) is 0 Å². The predicted octanol–water partition coefficient (Wildman–Crippen LogP) is 0.365. The zero-order valence-corrected chi connectivity index (χ0v) is 6.58. The third-order valence-corrected chi connectivity index (χ3v) is 1.85. The highest BCUT2D eigenvalue weighted by atomic mass is 35.5. The molecule has 1 saturated heterocycles. The topological polar surface area (TPSA) is 38.0 Å². The standard InChI is InChI=1S/C6H14N2.ClH/c1-5-4-8-3-2-6(5)7;/h5-6,8H,2-4,7H2,1H3;1H. The van der Waals surface area contributed by atoms with E-state index in [0.717, 1.165) is 19.5 Å². The monoisotopic (exact) mass is 150 g/mol. The first-order valence-corrected chi connectivity index (χ1v) is 3.27. The van der Waals surface area contributed by atoms with Gasteiger partial charge < -0.3 is 11.1 Å². The fourth-order valence-electron chi connectivity index (χ4n) is 1.03. The summed E-state index contributed by atoms with van der Waals surface area (Å²) in [5.41, 5.74) is 5.74. The van der Waals surface area contributed by atoms with Gasteiger partial charge in [0.1, 0.15) is 0 Å². The van der Waals surface area contributed by atoms with Crippen molar-refractivity contribution in [1.29, 1.82) is 0 Å². The summed E-state index contributed by atoms with van der Waals surface area (Å²) in [4.78, 5) is 0. The molecular formula is C6H15ClN2. The first-order valence-electron chi connectivity index (χ1n) is 3.27. The van der Waals surface area contributed by atoms with Crippen molar-refractivity contribution in [2.75, 3.05) is 13.1 Å². The van der Waals surface area contributed by atoms with Crippen LogP contribution in [0.1, 0.15) is 13.3 Å². The summed E-state index contributed by atoms with van der Waals surface area (Å²) in [6, 6.07) is 0.441. The number of nitrogens with two attached hydrogens (primary N) is 1. The number of nitrogens with one attached hydrogen (secondary N) is 1. The van der Waals surface area contributed by atoms with Gasteiger partial charge >= 0.3 is 0 Å². The minimum atomic E-state index is 0. The number of hydrogen-bond donors (Lipinski definition) is 2. The molecule has 56 valence electrons. The van der Waals surface area contributed by atoms with Crippen LogP contribution in [-0.4, -0.2) is 19.1 Å². The molecule has 1 rings (SSSR count). The van der Waals surface area contributed by atoms with Gasteiger partial charge in [-0.1, -0.05) is 6.92 Å². The van der Waals surface area contributed by atoms with Gasteiger partial charge in [-0.2, -0.15) is 0 Å². The van der Waals surface area contributed by atoms with E-state index in [1.54, 1.807) is 0 Å². The fourth-order valence-corrected chi connectivity index (χ4v) is 1.03. The second-order valence-corrected chi connectivity index (χ2v) is 2.63. The van der Waals surface area contributed by atoms with Crippen molar-refractivity contribution in [1.82, 2.24) is 5.32 Å². The van der Waals surface area contributed by atoms with E-state index in [1.165, 1.54) is 0 Å². The van der Waals surface area contributed by atoms with Crippen molar-refractivity contribution in [2.24, 2.45) is 11.7 Å². The van der Waals surface area contributed by atoms with E-state index in [0.29, 0.717) is 12.0 Å². The van der Waals surface area contributed by atoms with E-state index in [-0.39, 0.29) is 12.4 Å². The normalized spacial score (nSPS) is 35.3. The fraction of sp³-hybridized carbons (Fsp3) is 1.00. The smallest absolute Gasteiger partial charge is 0.00887 e. The third-order valence-electron chi connectivity index (χ3n) is 1.85. The number of halogens is 1. The molecule has 9 heavy (non-hydrogen) atoms. The lowest BCUT2D eigenvalue weighted by atomic mass is 9.97. The summed E-state index contributed by atoms with van der Waals surface area (Å²) in [5.74, 6) is 0.670. The van der Waals surface area contributed by atoms with Crippen LogP contribution >= 0.6 is 12.4 Å².